The number of nitrogens with zero attached hydrogens (tertiary/aromatic N) is 2. The second-order valence-electron chi connectivity index (χ2n) is 5.68. The molecule has 0 amide bonds. The minimum atomic E-state index is -0.610. The zero-order valence-corrected chi connectivity index (χ0v) is 13.0. The van der Waals surface area contributed by atoms with Gasteiger partial charge in [-0.25, -0.2) is 4.98 Å². The molecule has 1 aliphatic rings. The van der Waals surface area contributed by atoms with Crippen molar-refractivity contribution < 1.29 is 14.0 Å². The summed E-state index contributed by atoms with van der Waals surface area (Å²) in [7, 11) is 1.92. The lowest BCUT2D eigenvalue weighted by molar-refractivity contribution is 0.0812. The Labute approximate surface area is 138 Å². The van der Waals surface area contributed by atoms with E-state index < -0.39 is 11.6 Å². The fourth-order valence-electron chi connectivity index (χ4n) is 2.85. The molecule has 5 nitrogen and oxygen atoms in total. The Morgan fingerprint density at radius 3 is 2.33 bits per heavy atom. The summed E-state index contributed by atoms with van der Waals surface area (Å²) in [4.78, 5) is 30.7. The molecule has 3 aromatic rings. The third-order valence-electron chi connectivity index (χ3n) is 4.08. The number of Topliss-reactive ketones (excluding diaryl/α,β-unsaturated/α-hetero) is 2. The Kier molecular flexibility index (Phi) is 3.27. The summed E-state index contributed by atoms with van der Waals surface area (Å²) in [5.41, 5.74) is 2.11. The summed E-state index contributed by atoms with van der Waals surface area (Å²) < 4.78 is 5.82. The van der Waals surface area contributed by atoms with Crippen LogP contribution in [0.15, 0.2) is 59.0 Å². The van der Waals surface area contributed by atoms with Crippen LogP contribution < -0.4 is 4.90 Å². The van der Waals surface area contributed by atoms with Crippen LogP contribution in [0.3, 0.4) is 0 Å². The lowest BCUT2D eigenvalue weighted by Crippen LogP contribution is -2.21. The van der Waals surface area contributed by atoms with E-state index in [1.807, 2.05) is 48.3 Å². The average Bonchev–Trinajstić information content (AvgIpc) is 3.04. The van der Waals surface area contributed by atoms with E-state index in [-0.39, 0.29) is 5.69 Å². The summed E-state index contributed by atoms with van der Waals surface area (Å²) in [6.45, 7) is 0.403. The van der Waals surface area contributed by atoms with Gasteiger partial charge in [-0.05, 0) is 12.1 Å². The van der Waals surface area contributed by atoms with Gasteiger partial charge in [-0.2, -0.15) is 0 Å². The minimum absolute atomic E-state index is 0.107. The first-order valence-corrected chi connectivity index (χ1v) is 7.59. The van der Waals surface area contributed by atoms with E-state index in [1.165, 1.54) is 0 Å². The standard InChI is InChI=1S/C19H14N2O3/c1-21(12-7-3-2-4-8-12)11-15-20-16-18(23)17(22)13-9-5-6-10-14(13)19(16)24-15/h2-10H,11H2,1H3. The number of hydrogen-bond acceptors (Lipinski definition) is 5. The van der Waals surface area contributed by atoms with Gasteiger partial charge in [-0.3, -0.25) is 9.59 Å². The number of aromatic nitrogens is 1. The van der Waals surface area contributed by atoms with E-state index in [2.05, 4.69) is 4.98 Å². The smallest absolute Gasteiger partial charge is 0.255 e. The lowest BCUT2D eigenvalue weighted by atomic mass is 9.91. The molecule has 0 N–H and O–H groups in total. The molecule has 0 unspecified atom stereocenters. The lowest BCUT2D eigenvalue weighted by Gasteiger charge is -2.16. The molecule has 0 bridgehead atoms. The van der Waals surface area contributed by atoms with Crippen molar-refractivity contribution in [2.45, 2.75) is 6.54 Å². The molecule has 0 fully saturated rings. The van der Waals surface area contributed by atoms with Gasteiger partial charge in [-0.1, -0.05) is 42.5 Å². The molecule has 0 aliphatic heterocycles. The third-order valence-corrected chi connectivity index (χ3v) is 4.08. The van der Waals surface area contributed by atoms with E-state index in [0.29, 0.717) is 29.3 Å². The first-order chi connectivity index (χ1) is 11.6. The molecular weight excluding hydrogens is 304 g/mol. The number of anilines is 1. The number of para-hydroxylation sites is 1. The fraction of sp³-hybridized carbons (Fsp3) is 0.105. The van der Waals surface area contributed by atoms with E-state index in [9.17, 15) is 9.59 Å². The topological polar surface area (TPSA) is 63.4 Å². The summed E-state index contributed by atoms with van der Waals surface area (Å²) in [5.74, 6) is -0.355. The Balaban J connectivity index is 1.72. The molecule has 24 heavy (non-hydrogen) atoms. The number of carbonyl (C=O) groups is 2. The maximum atomic E-state index is 12.3. The molecule has 0 radical (unpaired) electrons. The molecule has 1 heterocycles. The molecule has 0 saturated heterocycles. The Morgan fingerprint density at radius 2 is 1.58 bits per heavy atom. The van der Waals surface area contributed by atoms with E-state index in [1.54, 1.807) is 18.2 Å². The number of rotatable bonds is 3. The van der Waals surface area contributed by atoms with E-state index >= 15 is 0 Å². The maximum Gasteiger partial charge on any atom is 0.255 e. The molecule has 4 rings (SSSR count). The molecule has 1 aromatic heterocycles. The van der Waals surface area contributed by atoms with Crippen molar-refractivity contribution in [3.05, 3.63) is 71.7 Å². The van der Waals surface area contributed by atoms with Crippen molar-refractivity contribution in [1.29, 1.82) is 0 Å². The highest BCUT2D eigenvalue weighted by molar-refractivity contribution is 6.52. The van der Waals surface area contributed by atoms with Crippen LogP contribution in [0.25, 0.3) is 11.3 Å². The first kappa shape index (κ1) is 14.4. The zero-order valence-electron chi connectivity index (χ0n) is 13.0. The third kappa shape index (κ3) is 2.22. The van der Waals surface area contributed by atoms with Crippen LogP contribution in [0.5, 0.6) is 0 Å². The zero-order chi connectivity index (χ0) is 16.7. The first-order valence-electron chi connectivity index (χ1n) is 7.59. The normalized spacial score (nSPS) is 12.7. The van der Waals surface area contributed by atoms with Crippen molar-refractivity contribution in [3.63, 3.8) is 0 Å². The van der Waals surface area contributed by atoms with Crippen LogP contribution in [0.4, 0.5) is 5.69 Å². The summed E-state index contributed by atoms with van der Waals surface area (Å²) in [6.07, 6.45) is 0. The van der Waals surface area contributed by atoms with E-state index in [0.717, 1.165) is 5.69 Å². The molecule has 1 aliphatic carbocycles. The van der Waals surface area contributed by atoms with Crippen molar-refractivity contribution in [1.82, 2.24) is 4.98 Å². The SMILES string of the molecule is CN(Cc1nc2c(o1)-c1ccccc1C(=O)C2=O)c1ccccc1. The molecule has 118 valence electrons. The second-order valence-corrected chi connectivity index (χ2v) is 5.68. The highest BCUT2D eigenvalue weighted by atomic mass is 16.4. The summed E-state index contributed by atoms with van der Waals surface area (Å²) >= 11 is 0. The molecular formula is C19H14N2O3. The Morgan fingerprint density at radius 1 is 0.917 bits per heavy atom. The largest absolute Gasteiger partial charge is 0.438 e. The molecule has 0 atom stereocenters. The van der Waals surface area contributed by atoms with Gasteiger partial charge in [0.25, 0.3) is 5.78 Å². The Hall–Kier alpha value is -3.21. The van der Waals surface area contributed by atoms with Crippen molar-refractivity contribution in [3.8, 4) is 11.3 Å². The molecule has 0 spiro atoms. The molecule has 0 saturated carbocycles. The van der Waals surface area contributed by atoms with Crippen LogP contribution in [0.2, 0.25) is 0 Å². The number of fused-ring (bicyclic) bond motifs is 3. The summed E-state index contributed by atoms with van der Waals surface area (Å²) in [6, 6.07) is 16.8. The predicted molar refractivity (Wildman–Crippen MR) is 89.1 cm³/mol. The van der Waals surface area contributed by atoms with Crippen LogP contribution >= 0.6 is 0 Å². The van der Waals surface area contributed by atoms with Gasteiger partial charge in [0, 0.05) is 23.9 Å². The molecule has 5 heteroatoms. The average molecular weight is 318 g/mol. The monoisotopic (exact) mass is 318 g/mol. The van der Waals surface area contributed by atoms with Crippen LogP contribution in [-0.4, -0.2) is 23.6 Å². The number of carbonyl (C=O) groups excluding carboxylic acids is 2. The number of ketones is 2. The van der Waals surface area contributed by atoms with Crippen molar-refractivity contribution >= 4 is 17.3 Å². The van der Waals surface area contributed by atoms with Gasteiger partial charge in [0.15, 0.2) is 11.5 Å². The fourth-order valence-corrected chi connectivity index (χ4v) is 2.85. The minimum Gasteiger partial charge on any atom is -0.438 e. The Bertz CT molecular complexity index is 944. The van der Waals surface area contributed by atoms with Gasteiger partial charge in [-0.15, -0.1) is 0 Å². The number of benzene rings is 2. The molecule has 2 aromatic carbocycles. The summed E-state index contributed by atoms with van der Waals surface area (Å²) in [5, 5.41) is 0. The highest BCUT2D eigenvalue weighted by Crippen LogP contribution is 2.34. The van der Waals surface area contributed by atoms with Crippen LogP contribution in [0.1, 0.15) is 26.7 Å². The number of oxazole rings is 1. The van der Waals surface area contributed by atoms with Crippen molar-refractivity contribution in [2.75, 3.05) is 11.9 Å². The van der Waals surface area contributed by atoms with Gasteiger partial charge in [0.1, 0.15) is 0 Å². The van der Waals surface area contributed by atoms with Gasteiger partial charge >= 0.3 is 0 Å². The van der Waals surface area contributed by atoms with Gasteiger partial charge < -0.3 is 9.32 Å². The quantitative estimate of drug-likeness (QED) is 0.693. The second kappa shape index (κ2) is 5.45. The van der Waals surface area contributed by atoms with Crippen LogP contribution in [-0.2, 0) is 6.54 Å². The van der Waals surface area contributed by atoms with Crippen molar-refractivity contribution in [2.24, 2.45) is 0 Å². The maximum absolute atomic E-state index is 12.3. The van der Waals surface area contributed by atoms with E-state index in [4.69, 9.17) is 4.42 Å². The predicted octanol–water partition coefficient (Wildman–Crippen LogP) is 3.36. The van der Waals surface area contributed by atoms with Gasteiger partial charge in [0.2, 0.25) is 11.7 Å². The highest BCUT2D eigenvalue weighted by Gasteiger charge is 2.35. The number of hydrogen-bond donors (Lipinski definition) is 0. The van der Waals surface area contributed by atoms with Crippen LogP contribution in [0, 0.1) is 0 Å². The van der Waals surface area contributed by atoms with Gasteiger partial charge in [0.05, 0.1) is 6.54 Å².